The van der Waals surface area contributed by atoms with Gasteiger partial charge in [0.15, 0.2) is 0 Å². The van der Waals surface area contributed by atoms with Crippen molar-refractivity contribution in [3.63, 3.8) is 0 Å². The zero-order valence-corrected chi connectivity index (χ0v) is 13.5. The maximum atomic E-state index is 12.4. The Balaban J connectivity index is 2.05. The first kappa shape index (κ1) is 16.0. The molecule has 116 valence electrons. The smallest absolute Gasteiger partial charge is 0.237 e. The highest BCUT2D eigenvalue weighted by Crippen LogP contribution is 2.23. The Kier molecular flexibility index (Phi) is 5.80. The van der Waals surface area contributed by atoms with Gasteiger partial charge in [-0.3, -0.25) is 4.79 Å². The quantitative estimate of drug-likeness (QED) is 0.873. The molecule has 2 N–H and O–H groups in total. The minimum atomic E-state index is -0.0186. The van der Waals surface area contributed by atoms with Gasteiger partial charge < -0.3 is 10.6 Å². The lowest BCUT2D eigenvalue weighted by molar-refractivity contribution is -0.124. The zero-order chi connectivity index (χ0) is 15.2. The lowest BCUT2D eigenvalue weighted by Crippen LogP contribution is -2.48. The van der Waals surface area contributed by atoms with E-state index in [4.69, 9.17) is 0 Å². The van der Waals surface area contributed by atoms with E-state index < -0.39 is 0 Å². The van der Waals surface area contributed by atoms with Crippen LogP contribution in [0.15, 0.2) is 24.3 Å². The van der Waals surface area contributed by atoms with Crippen LogP contribution in [0.1, 0.15) is 57.2 Å². The Morgan fingerprint density at radius 2 is 2.00 bits per heavy atom. The van der Waals surface area contributed by atoms with Crippen molar-refractivity contribution in [3.8, 4) is 0 Å². The molecule has 21 heavy (non-hydrogen) atoms. The third kappa shape index (κ3) is 4.31. The first-order chi connectivity index (χ1) is 10.1. The van der Waals surface area contributed by atoms with Crippen LogP contribution in [0.5, 0.6) is 0 Å². The predicted octanol–water partition coefficient (Wildman–Crippen LogP) is 3.20. The first-order valence-electron chi connectivity index (χ1n) is 8.24. The van der Waals surface area contributed by atoms with Crippen LogP contribution in [0.25, 0.3) is 0 Å². The molecule has 0 saturated carbocycles. The summed E-state index contributed by atoms with van der Waals surface area (Å²) >= 11 is 0. The predicted molar refractivity (Wildman–Crippen MR) is 87.2 cm³/mol. The van der Waals surface area contributed by atoms with E-state index in [1.807, 2.05) is 0 Å². The van der Waals surface area contributed by atoms with Crippen LogP contribution in [-0.4, -0.2) is 18.5 Å². The van der Waals surface area contributed by atoms with E-state index in [0.29, 0.717) is 5.92 Å². The number of benzene rings is 1. The topological polar surface area (TPSA) is 41.1 Å². The van der Waals surface area contributed by atoms with Crippen molar-refractivity contribution in [2.24, 2.45) is 5.92 Å². The fourth-order valence-corrected chi connectivity index (χ4v) is 2.93. The number of hydrogen-bond acceptors (Lipinski definition) is 2. The molecule has 0 aromatic heterocycles. The SMILES string of the molecule is CCc1ccc(C(NC(=O)[C@H]2CCCCN2)C(C)C)cc1. The van der Waals surface area contributed by atoms with Crippen LogP contribution in [-0.2, 0) is 11.2 Å². The average Bonchev–Trinajstić information content (AvgIpc) is 2.53. The van der Waals surface area contributed by atoms with Gasteiger partial charge in [-0.2, -0.15) is 0 Å². The Morgan fingerprint density at radius 1 is 1.29 bits per heavy atom. The maximum Gasteiger partial charge on any atom is 0.237 e. The fourth-order valence-electron chi connectivity index (χ4n) is 2.93. The van der Waals surface area contributed by atoms with E-state index in [9.17, 15) is 4.79 Å². The van der Waals surface area contributed by atoms with E-state index in [2.05, 4.69) is 55.7 Å². The van der Waals surface area contributed by atoms with Gasteiger partial charge in [-0.15, -0.1) is 0 Å². The number of hydrogen-bond donors (Lipinski definition) is 2. The van der Waals surface area contributed by atoms with Crippen LogP contribution in [0, 0.1) is 5.92 Å². The van der Waals surface area contributed by atoms with Crippen LogP contribution >= 0.6 is 0 Å². The lowest BCUT2D eigenvalue weighted by Gasteiger charge is -2.28. The van der Waals surface area contributed by atoms with Crippen molar-refractivity contribution in [2.75, 3.05) is 6.54 Å². The van der Waals surface area contributed by atoms with Crippen molar-refractivity contribution in [2.45, 2.75) is 58.5 Å². The maximum absolute atomic E-state index is 12.4. The number of piperidine rings is 1. The number of nitrogens with one attached hydrogen (secondary N) is 2. The van der Waals surface area contributed by atoms with Gasteiger partial charge in [0.05, 0.1) is 12.1 Å². The second kappa shape index (κ2) is 7.60. The number of aryl methyl sites for hydroxylation is 1. The first-order valence-corrected chi connectivity index (χ1v) is 8.24. The molecular weight excluding hydrogens is 260 g/mol. The van der Waals surface area contributed by atoms with Gasteiger partial charge in [0.25, 0.3) is 0 Å². The zero-order valence-electron chi connectivity index (χ0n) is 13.5. The number of amides is 1. The molecule has 1 aliphatic rings. The third-order valence-corrected chi connectivity index (χ3v) is 4.34. The highest BCUT2D eigenvalue weighted by Gasteiger charge is 2.25. The van der Waals surface area contributed by atoms with Crippen LogP contribution in [0.2, 0.25) is 0 Å². The summed E-state index contributed by atoms with van der Waals surface area (Å²) in [6, 6.07) is 8.70. The molecule has 1 heterocycles. The molecule has 0 aliphatic carbocycles. The summed E-state index contributed by atoms with van der Waals surface area (Å²) in [6.45, 7) is 7.43. The van der Waals surface area contributed by atoms with Crippen LogP contribution in [0.3, 0.4) is 0 Å². The van der Waals surface area contributed by atoms with Gasteiger partial charge in [0.1, 0.15) is 0 Å². The van der Waals surface area contributed by atoms with E-state index in [-0.39, 0.29) is 18.0 Å². The highest BCUT2D eigenvalue weighted by atomic mass is 16.2. The minimum Gasteiger partial charge on any atom is -0.348 e. The van der Waals surface area contributed by atoms with Gasteiger partial charge in [0, 0.05) is 0 Å². The molecule has 2 rings (SSSR count). The molecule has 1 amide bonds. The highest BCUT2D eigenvalue weighted by molar-refractivity contribution is 5.82. The standard InChI is InChI=1S/C18H28N2O/c1-4-14-8-10-15(11-9-14)17(13(2)3)20-18(21)16-7-5-6-12-19-16/h8-11,13,16-17,19H,4-7,12H2,1-3H3,(H,20,21)/t16-,17?/m1/s1. The second-order valence-corrected chi connectivity index (χ2v) is 6.33. The molecule has 3 nitrogen and oxygen atoms in total. The molecule has 1 aromatic rings. The Hall–Kier alpha value is -1.35. The molecule has 1 aliphatic heterocycles. The van der Waals surface area contributed by atoms with Crippen molar-refractivity contribution < 1.29 is 4.79 Å². The summed E-state index contributed by atoms with van der Waals surface area (Å²) in [4.78, 5) is 12.4. The molecule has 1 saturated heterocycles. The summed E-state index contributed by atoms with van der Waals surface area (Å²) < 4.78 is 0. The van der Waals surface area contributed by atoms with Gasteiger partial charge in [-0.25, -0.2) is 0 Å². The van der Waals surface area contributed by atoms with E-state index >= 15 is 0 Å². The Morgan fingerprint density at radius 3 is 2.52 bits per heavy atom. The molecule has 2 atom stereocenters. The summed E-state index contributed by atoms with van der Waals surface area (Å²) in [5, 5.41) is 6.56. The summed E-state index contributed by atoms with van der Waals surface area (Å²) in [5.74, 6) is 0.526. The summed E-state index contributed by atoms with van der Waals surface area (Å²) in [6.07, 6.45) is 4.31. The third-order valence-electron chi connectivity index (χ3n) is 4.34. The van der Waals surface area contributed by atoms with E-state index in [0.717, 1.165) is 25.8 Å². The van der Waals surface area contributed by atoms with E-state index in [1.54, 1.807) is 0 Å². The van der Waals surface area contributed by atoms with Crippen molar-refractivity contribution in [3.05, 3.63) is 35.4 Å². The summed E-state index contributed by atoms with van der Waals surface area (Å²) in [7, 11) is 0. The van der Waals surface area contributed by atoms with Crippen LogP contribution < -0.4 is 10.6 Å². The monoisotopic (exact) mass is 288 g/mol. The Bertz CT molecular complexity index is 447. The van der Waals surface area contributed by atoms with Gasteiger partial charge in [-0.1, -0.05) is 51.5 Å². The molecule has 0 bridgehead atoms. The summed E-state index contributed by atoms with van der Waals surface area (Å²) in [5.41, 5.74) is 2.54. The number of carbonyl (C=O) groups excluding carboxylic acids is 1. The van der Waals surface area contributed by atoms with Gasteiger partial charge >= 0.3 is 0 Å². The van der Waals surface area contributed by atoms with Crippen LogP contribution in [0.4, 0.5) is 0 Å². The van der Waals surface area contributed by atoms with Gasteiger partial charge in [0.2, 0.25) is 5.91 Å². The Labute approximate surface area is 128 Å². The largest absolute Gasteiger partial charge is 0.348 e. The lowest BCUT2D eigenvalue weighted by atomic mass is 9.94. The average molecular weight is 288 g/mol. The number of rotatable bonds is 5. The van der Waals surface area contributed by atoms with Gasteiger partial charge in [-0.05, 0) is 42.9 Å². The second-order valence-electron chi connectivity index (χ2n) is 6.33. The van der Waals surface area contributed by atoms with E-state index in [1.165, 1.54) is 17.5 Å². The molecule has 1 fully saturated rings. The van der Waals surface area contributed by atoms with Crippen molar-refractivity contribution in [1.29, 1.82) is 0 Å². The normalized spacial score (nSPS) is 20.3. The number of carbonyl (C=O) groups is 1. The van der Waals surface area contributed by atoms with Crippen molar-refractivity contribution in [1.82, 2.24) is 10.6 Å². The molecular formula is C18H28N2O. The minimum absolute atomic E-state index is 0.0186. The molecule has 3 heteroatoms. The van der Waals surface area contributed by atoms with Crippen molar-refractivity contribution >= 4 is 5.91 Å². The molecule has 1 unspecified atom stereocenters. The molecule has 0 radical (unpaired) electrons. The molecule has 1 aromatic carbocycles. The fraction of sp³-hybridized carbons (Fsp3) is 0.611. The molecule has 0 spiro atoms.